The third-order valence-electron chi connectivity index (χ3n) is 4.42. The zero-order valence-corrected chi connectivity index (χ0v) is 17.4. The molecule has 0 atom stereocenters. The summed E-state index contributed by atoms with van der Waals surface area (Å²) >= 11 is 0. The van der Waals surface area contributed by atoms with Gasteiger partial charge in [0.1, 0.15) is 0 Å². The highest BCUT2D eigenvalue weighted by Crippen LogP contribution is 2.02. The summed E-state index contributed by atoms with van der Waals surface area (Å²) in [6.45, 7) is 7.61. The molecular formula is C24H43NO. The number of nitrogens with zero attached hydrogens (tertiary/aromatic N) is 1. The van der Waals surface area contributed by atoms with Crippen LogP contribution in [-0.4, -0.2) is 36.2 Å². The highest BCUT2D eigenvalue weighted by molar-refractivity contribution is 4.99. The van der Waals surface area contributed by atoms with E-state index in [9.17, 15) is 0 Å². The summed E-state index contributed by atoms with van der Waals surface area (Å²) in [5.41, 5.74) is 0. The first kappa shape index (κ1) is 24.9. The molecule has 0 amide bonds. The maximum Gasteiger partial charge on any atom is 0.0558 e. The van der Waals surface area contributed by atoms with Crippen molar-refractivity contribution < 1.29 is 5.11 Å². The van der Waals surface area contributed by atoms with E-state index < -0.39 is 0 Å². The normalized spacial score (nSPS) is 12.8. The Labute approximate surface area is 163 Å². The number of hydrogen-bond donors (Lipinski definition) is 1. The molecule has 0 saturated carbocycles. The second kappa shape index (κ2) is 21.9. The van der Waals surface area contributed by atoms with E-state index in [1.165, 1.54) is 38.5 Å². The summed E-state index contributed by atoms with van der Waals surface area (Å²) in [5.74, 6) is 0. The summed E-state index contributed by atoms with van der Waals surface area (Å²) in [4.78, 5) is 2.31. The minimum atomic E-state index is 0.269. The SMILES string of the molecule is CCCCC/C=C\C/C=C\C/C=C\C/C=C\CCCCN(CC)CCO. The van der Waals surface area contributed by atoms with Crippen molar-refractivity contribution in [1.29, 1.82) is 0 Å². The molecule has 26 heavy (non-hydrogen) atoms. The molecule has 1 N–H and O–H groups in total. The first-order valence-electron chi connectivity index (χ1n) is 10.8. The number of hydrogen-bond acceptors (Lipinski definition) is 2. The Hall–Kier alpha value is -1.12. The second-order valence-corrected chi connectivity index (χ2v) is 6.74. The molecule has 150 valence electrons. The fraction of sp³-hybridized carbons (Fsp3) is 0.667. The van der Waals surface area contributed by atoms with Crippen molar-refractivity contribution >= 4 is 0 Å². The van der Waals surface area contributed by atoms with Crippen LogP contribution < -0.4 is 0 Å². The monoisotopic (exact) mass is 361 g/mol. The average Bonchev–Trinajstić information content (AvgIpc) is 2.66. The summed E-state index contributed by atoms with van der Waals surface area (Å²) in [6.07, 6.45) is 30.1. The molecule has 2 nitrogen and oxygen atoms in total. The molecule has 0 aromatic rings. The Morgan fingerprint density at radius 2 is 1.12 bits per heavy atom. The largest absolute Gasteiger partial charge is 0.395 e. The molecule has 2 heteroatoms. The van der Waals surface area contributed by atoms with Crippen LogP contribution in [-0.2, 0) is 0 Å². The van der Waals surface area contributed by atoms with E-state index in [1.807, 2.05) is 0 Å². The van der Waals surface area contributed by atoms with E-state index in [0.717, 1.165) is 45.3 Å². The van der Waals surface area contributed by atoms with Gasteiger partial charge in [-0.1, -0.05) is 75.3 Å². The fourth-order valence-electron chi connectivity index (χ4n) is 2.73. The lowest BCUT2D eigenvalue weighted by atomic mass is 10.2. The second-order valence-electron chi connectivity index (χ2n) is 6.74. The Balaban J connectivity index is 3.46. The molecular weight excluding hydrogens is 318 g/mol. The van der Waals surface area contributed by atoms with Gasteiger partial charge in [-0.05, 0) is 64.5 Å². The van der Waals surface area contributed by atoms with E-state index in [-0.39, 0.29) is 6.61 Å². The Morgan fingerprint density at radius 1 is 0.615 bits per heavy atom. The van der Waals surface area contributed by atoms with Gasteiger partial charge in [-0.3, -0.25) is 0 Å². The van der Waals surface area contributed by atoms with Gasteiger partial charge in [0.05, 0.1) is 6.61 Å². The maximum atomic E-state index is 8.95. The first-order chi connectivity index (χ1) is 12.8. The molecule has 0 spiro atoms. The third kappa shape index (κ3) is 19.2. The van der Waals surface area contributed by atoms with Crippen molar-refractivity contribution in [3.63, 3.8) is 0 Å². The summed E-state index contributed by atoms with van der Waals surface area (Å²) < 4.78 is 0. The van der Waals surface area contributed by atoms with Crippen LogP contribution in [0.25, 0.3) is 0 Å². The standard InChI is InChI=1S/C24H43NO/c1-3-5-6-7-8-9-10-11-12-13-14-15-16-17-18-19-20-21-22-25(4-2)23-24-26/h8-9,11-12,14-15,17-18,26H,3-7,10,13,16,19-24H2,1-2H3/b9-8-,12-11-,15-14-,18-17-. The van der Waals surface area contributed by atoms with Gasteiger partial charge >= 0.3 is 0 Å². The van der Waals surface area contributed by atoms with E-state index in [1.54, 1.807) is 0 Å². The van der Waals surface area contributed by atoms with E-state index in [4.69, 9.17) is 5.11 Å². The van der Waals surface area contributed by atoms with Crippen LogP contribution in [0.3, 0.4) is 0 Å². The van der Waals surface area contributed by atoms with E-state index >= 15 is 0 Å². The first-order valence-corrected chi connectivity index (χ1v) is 10.8. The zero-order chi connectivity index (χ0) is 19.1. The van der Waals surface area contributed by atoms with Crippen molar-refractivity contribution in [3.8, 4) is 0 Å². The summed E-state index contributed by atoms with van der Waals surface area (Å²) in [6, 6.07) is 0. The number of unbranched alkanes of at least 4 members (excludes halogenated alkanes) is 5. The molecule has 0 saturated heterocycles. The molecule has 0 aromatic heterocycles. The van der Waals surface area contributed by atoms with Gasteiger partial charge in [0.25, 0.3) is 0 Å². The van der Waals surface area contributed by atoms with Gasteiger partial charge in [0.15, 0.2) is 0 Å². The topological polar surface area (TPSA) is 23.5 Å². The van der Waals surface area contributed by atoms with E-state index in [2.05, 4.69) is 67.4 Å². The molecule has 0 bridgehead atoms. The van der Waals surface area contributed by atoms with Crippen molar-refractivity contribution in [1.82, 2.24) is 4.90 Å². The predicted octanol–water partition coefficient (Wildman–Crippen LogP) is 6.45. The zero-order valence-electron chi connectivity index (χ0n) is 17.4. The van der Waals surface area contributed by atoms with Crippen LogP contribution in [0.2, 0.25) is 0 Å². The van der Waals surface area contributed by atoms with Gasteiger partial charge in [0.2, 0.25) is 0 Å². The van der Waals surface area contributed by atoms with Crippen molar-refractivity contribution in [2.24, 2.45) is 0 Å². The van der Waals surface area contributed by atoms with Crippen molar-refractivity contribution in [2.45, 2.75) is 78.1 Å². The minimum absolute atomic E-state index is 0.269. The molecule has 0 aliphatic carbocycles. The molecule has 0 aliphatic heterocycles. The lowest BCUT2D eigenvalue weighted by molar-refractivity contribution is 0.200. The van der Waals surface area contributed by atoms with Crippen molar-refractivity contribution in [3.05, 3.63) is 48.6 Å². The Morgan fingerprint density at radius 3 is 1.58 bits per heavy atom. The Kier molecular flexibility index (Phi) is 21.0. The average molecular weight is 362 g/mol. The smallest absolute Gasteiger partial charge is 0.0558 e. The minimum Gasteiger partial charge on any atom is -0.395 e. The molecule has 0 unspecified atom stereocenters. The van der Waals surface area contributed by atoms with E-state index in [0.29, 0.717) is 0 Å². The molecule has 0 radical (unpaired) electrons. The maximum absolute atomic E-state index is 8.95. The highest BCUT2D eigenvalue weighted by atomic mass is 16.3. The van der Waals surface area contributed by atoms with Gasteiger partial charge in [-0.15, -0.1) is 0 Å². The van der Waals surface area contributed by atoms with Gasteiger partial charge in [-0.2, -0.15) is 0 Å². The third-order valence-corrected chi connectivity index (χ3v) is 4.42. The van der Waals surface area contributed by atoms with Gasteiger partial charge < -0.3 is 10.0 Å². The molecule has 0 heterocycles. The summed E-state index contributed by atoms with van der Waals surface area (Å²) in [7, 11) is 0. The van der Waals surface area contributed by atoms with Crippen molar-refractivity contribution in [2.75, 3.05) is 26.2 Å². The number of rotatable bonds is 18. The molecule has 0 aliphatic rings. The van der Waals surface area contributed by atoms with Crippen LogP contribution in [0.1, 0.15) is 78.1 Å². The summed E-state index contributed by atoms with van der Waals surface area (Å²) in [5, 5.41) is 8.95. The van der Waals surface area contributed by atoms with Crippen LogP contribution in [0.5, 0.6) is 0 Å². The van der Waals surface area contributed by atoms with Gasteiger partial charge in [-0.25, -0.2) is 0 Å². The number of aliphatic hydroxyl groups is 1. The van der Waals surface area contributed by atoms with Crippen LogP contribution in [0.4, 0.5) is 0 Å². The fourth-order valence-corrected chi connectivity index (χ4v) is 2.73. The lowest BCUT2D eigenvalue weighted by Crippen LogP contribution is -2.27. The van der Waals surface area contributed by atoms with Crippen LogP contribution in [0.15, 0.2) is 48.6 Å². The van der Waals surface area contributed by atoms with Crippen LogP contribution in [0, 0.1) is 0 Å². The lowest BCUT2D eigenvalue weighted by Gasteiger charge is -2.18. The van der Waals surface area contributed by atoms with Crippen LogP contribution >= 0.6 is 0 Å². The molecule has 0 aromatic carbocycles. The number of allylic oxidation sites excluding steroid dienone is 8. The Bertz CT molecular complexity index is 382. The quantitative estimate of drug-likeness (QED) is 0.224. The highest BCUT2D eigenvalue weighted by Gasteiger charge is 1.99. The predicted molar refractivity (Wildman–Crippen MR) is 118 cm³/mol. The van der Waals surface area contributed by atoms with Gasteiger partial charge in [0, 0.05) is 6.54 Å². The number of aliphatic hydroxyl groups excluding tert-OH is 1. The molecule has 0 rings (SSSR count). The number of likely N-dealkylation sites (N-methyl/N-ethyl adjacent to an activating group) is 1. The molecule has 0 fully saturated rings.